The number of aliphatic hydroxyl groups is 2. The van der Waals surface area contributed by atoms with Crippen molar-refractivity contribution in [3.63, 3.8) is 0 Å². The van der Waals surface area contributed by atoms with E-state index in [2.05, 4.69) is 57.9 Å². The number of allylic oxidation sites excluding steroid dienone is 2. The van der Waals surface area contributed by atoms with Gasteiger partial charge in [0.15, 0.2) is 0 Å². The standard InChI is InChI=1S/C26H47NO2/c1-7-8-14-26(5,29)15-11-13-22-23-18-20(17-21(23)19-24(22)28)12-9-10-16-27(6)25(2,3)4/h11,13,17,21-24,28-29H,7-10,12,14-16,18-19H2,1-6H3/b13-11+/t21-,22+,23-,24+,26-/m0/s1. The van der Waals surface area contributed by atoms with Gasteiger partial charge in [-0.3, -0.25) is 0 Å². The SMILES string of the molecule is CCCC[C@](C)(O)C/C=C/[C@@H]1[C@H]2CC(CCCCN(C)C(C)(C)C)=C[C@H]2C[C@H]1O. The lowest BCUT2D eigenvalue weighted by Crippen LogP contribution is -2.38. The zero-order valence-corrected chi connectivity index (χ0v) is 20.0. The average Bonchev–Trinajstić information content (AvgIpc) is 3.13. The van der Waals surface area contributed by atoms with Gasteiger partial charge in [-0.05, 0) is 98.1 Å². The van der Waals surface area contributed by atoms with Crippen molar-refractivity contribution >= 4 is 0 Å². The molecule has 1 fully saturated rings. The molecule has 2 aliphatic rings. The molecule has 2 aliphatic carbocycles. The lowest BCUT2D eigenvalue weighted by Gasteiger charge is -2.31. The third-order valence-electron chi connectivity index (χ3n) is 7.32. The largest absolute Gasteiger partial charge is 0.392 e. The predicted molar refractivity (Wildman–Crippen MR) is 124 cm³/mol. The molecule has 0 saturated heterocycles. The first-order valence-electron chi connectivity index (χ1n) is 12.0. The van der Waals surface area contributed by atoms with Gasteiger partial charge >= 0.3 is 0 Å². The minimum absolute atomic E-state index is 0.222. The molecule has 1 saturated carbocycles. The molecule has 5 atom stereocenters. The van der Waals surface area contributed by atoms with Crippen LogP contribution in [0.3, 0.4) is 0 Å². The second kappa shape index (κ2) is 10.6. The van der Waals surface area contributed by atoms with Crippen LogP contribution in [0.5, 0.6) is 0 Å². The van der Waals surface area contributed by atoms with E-state index in [-0.39, 0.29) is 17.6 Å². The summed E-state index contributed by atoms with van der Waals surface area (Å²) in [5.74, 6) is 1.37. The van der Waals surface area contributed by atoms with Gasteiger partial charge in [-0.1, -0.05) is 43.6 Å². The van der Waals surface area contributed by atoms with Crippen molar-refractivity contribution in [2.45, 2.75) is 110 Å². The average molecular weight is 406 g/mol. The molecule has 3 nitrogen and oxygen atoms in total. The van der Waals surface area contributed by atoms with Gasteiger partial charge in [-0.2, -0.15) is 0 Å². The maximum absolute atomic E-state index is 10.6. The Kier molecular flexibility index (Phi) is 9.00. The maximum Gasteiger partial charge on any atom is 0.0654 e. The Bertz CT molecular complexity index is 558. The summed E-state index contributed by atoms with van der Waals surface area (Å²) in [6.07, 6.45) is 16.1. The molecule has 0 amide bonds. The van der Waals surface area contributed by atoms with Crippen LogP contribution >= 0.6 is 0 Å². The summed E-state index contributed by atoms with van der Waals surface area (Å²) < 4.78 is 0. The van der Waals surface area contributed by atoms with Gasteiger partial charge in [0.2, 0.25) is 0 Å². The molecule has 0 spiro atoms. The maximum atomic E-state index is 10.6. The van der Waals surface area contributed by atoms with Crippen LogP contribution in [0.2, 0.25) is 0 Å². The third kappa shape index (κ3) is 7.52. The van der Waals surface area contributed by atoms with E-state index in [1.54, 1.807) is 5.57 Å². The molecule has 0 radical (unpaired) electrons. The van der Waals surface area contributed by atoms with Crippen molar-refractivity contribution in [2.75, 3.05) is 13.6 Å². The summed E-state index contributed by atoms with van der Waals surface area (Å²) >= 11 is 0. The Balaban J connectivity index is 1.78. The number of nitrogens with zero attached hydrogens (tertiary/aromatic N) is 1. The topological polar surface area (TPSA) is 43.7 Å². The number of rotatable bonds is 11. The van der Waals surface area contributed by atoms with Gasteiger partial charge < -0.3 is 15.1 Å². The minimum Gasteiger partial charge on any atom is -0.392 e. The van der Waals surface area contributed by atoms with Crippen molar-refractivity contribution in [3.8, 4) is 0 Å². The van der Waals surface area contributed by atoms with Crippen LogP contribution in [-0.2, 0) is 0 Å². The Hall–Kier alpha value is -0.640. The van der Waals surface area contributed by atoms with E-state index < -0.39 is 5.60 Å². The van der Waals surface area contributed by atoms with Gasteiger partial charge in [0.05, 0.1) is 11.7 Å². The predicted octanol–water partition coefficient (Wildman–Crippen LogP) is 5.72. The molecule has 0 aliphatic heterocycles. The highest BCUT2D eigenvalue weighted by atomic mass is 16.3. The second-order valence-electron chi connectivity index (χ2n) is 11.0. The summed E-state index contributed by atoms with van der Waals surface area (Å²) in [5.41, 5.74) is 1.24. The molecule has 0 aromatic heterocycles. The van der Waals surface area contributed by atoms with Crippen molar-refractivity contribution in [2.24, 2.45) is 17.8 Å². The molecule has 3 heteroatoms. The van der Waals surface area contributed by atoms with Crippen LogP contribution in [-0.4, -0.2) is 45.9 Å². The molecule has 168 valence electrons. The van der Waals surface area contributed by atoms with Crippen molar-refractivity contribution in [1.82, 2.24) is 4.90 Å². The van der Waals surface area contributed by atoms with E-state index in [4.69, 9.17) is 0 Å². The minimum atomic E-state index is -0.616. The molecule has 0 bridgehead atoms. The normalized spacial score (nSPS) is 29.5. The summed E-state index contributed by atoms with van der Waals surface area (Å²) in [5, 5.41) is 21.1. The van der Waals surface area contributed by atoms with Gasteiger partial charge in [0.25, 0.3) is 0 Å². The molecule has 0 aromatic rings. The first-order chi connectivity index (χ1) is 13.5. The highest BCUT2D eigenvalue weighted by Crippen LogP contribution is 2.48. The number of hydrogen-bond acceptors (Lipinski definition) is 3. The fraction of sp³-hybridized carbons (Fsp3) is 0.846. The van der Waals surface area contributed by atoms with Crippen molar-refractivity contribution < 1.29 is 10.2 Å². The first-order valence-corrected chi connectivity index (χ1v) is 12.0. The van der Waals surface area contributed by atoms with Crippen molar-refractivity contribution in [3.05, 3.63) is 23.8 Å². The first kappa shape index (κ1) is 24.6. The van der Waals surface area contributed by atoms with E-state index in [1.165, 1.54) is 19.3 Å². The lowest BCUT2D eigenvalue weighted by molar-refractivity contribution is 0.0513. The molecular formula is C26H47NO2. The fourth-order valence-corrected chi connectivity index (χ4v) is 4.97. The Morgan fingerprint density at radius 1 is 1.17 bits per heavy atom. The summed E-state index contributed by atoms with van der Waals surface area (Å²) in [4.78, 5) is 2.44. The number of fused-ring (bicyclic) bond motifs is 1. The van der Waals surface area contributed by atoms with Gasteiger partial charge in [-0.25, -0.2) is 0 Å². The van der Waals surface area contributed by atoms with E-state index >= 15 is 0 Å². The quantitative estimate of drug-likeness (QED) is 0.341. The van der Waals surface area contributed by atoms with Gasteiger partial charge in [-0.15, -0.1) is 0 Å². The monoisotopic (exact) mass is 405 g/mol. The van der Waals surface area contributed by atoms with E-state index in [0.717, 1.165) is 38.6 Å². The summed E-state index contributed by atoms with van der Waals surface area (Å²) in [6, 6.07) is 0. The van der Waals surface area contributed by atoms with Crippen LogP contribution in [0.15, 0.2) is 23.8 Å². The zero-order chi connectivity index (χ0) is 21.7. The number of aliphatic hydroxyl groups excluding tert-OH is 1. The molecule has 2 rings (SSSR count). The van der Waals surface area contributed by atoms with Gasteiger partial charge in [0, 0.05) is 11.5 Å². The highest BCUT2D eigenvalue weighted by Gasteiger charge is 2.43. The lowest BCUT2D eigenvalue weighted by atomic mass is 9.87. The molecule has 29 heavy (non-hydrogen) atoms. The molecule has 0 unspecified atom stereocenters. The summed E-state index contributed by atoms with van der Waals surface area (Å²) in [6.45, 7) is 12.1. The Morgan fingerprint density at radius 2 is 1.90 bits per heavy atom. The Morgan fingerprint density at radius 3 is 2.55 bits per heavy atom. The van der Waals surface area contributed by atoms with Crippen LogP contribution in [0.4, 0.5) is 0 Å². The van der Waals surface area contributed by atoms with Crippen LogP contribution in [0.1, 0.15) is 92.4 Å². The Labute approximate surface area is 180 Å². The van der Waals surface area contributed by atoms with Crippen LogP contribution in [0, 0.1) is 17.8 Å². The van der Waals surface area contributed by atoms with Crippen molar-refractivity contribution in [1.29, 1.82) is 0 Å². The number of unbranched alkanes of at least 4 members (excludes halogenated alkanes) is 2. The van der Waals surface area contributed by atoms with Crippen LogP contribution in [0.25, 0.3) is 0 Å². The second-order valence-corrected chi connectivity index (χ2v) is 11.0. The van der Waals surface area contributed by atoms with E-state index in [9.17, 15) is 10.2 Å². The molecular weight excluding hydrogens is 358 g/mol. The molecule has 0 heterocycles. The third-order valence-corrected chi connectivity index (χ3v) is 7.32. The smallest absolute Gasteiger partial charge is 0.0654 e. The zero-order valence-electron chi connectivity index (χ0n) is 20.0. The summed E-state index contributed by atoms with van der Waals surface area (Å²) in [7, 11) is 2.22. The molecule has 2 N–H and O–H groups in total. The van der Waals surface area contributed by atoms with Crippen LogP contribution < -0.4 is 0 Å². The van der Waals surface area contributed by atoms with Gasteiger partial charge in [0.1, 0.15) is 0 Å². The van der Waals surface area contributed by atoms with E-state index in [0.29, 0.717) is 18.3 Å². The van der Waals surface area contributed by atoms with E-state index in [1.807, 2.05) is 6.92 Å². The molecule has 0 aromatic carbocycles. The highest BCUT2D eigenvalue weighted by molar-refractivity contribution is 5.20. The number of hydrogen-bond donors (Lipinski definition) is 2. The fourth-order valence-electron chi connectivity index (χ4n) is 4.97.